The van der Waals surface area contributed by atoms with Gasteiger partial charge in [-0.25, -0.2) is 4.79 Å². The van der Waals surface area contributed by atoms with E-state index in [1.807, 2.05) is 30.5 Å². The molecule has 3 heteroatoms. The smallest absolute Gasteiger partial charge is 0.338 e. The molecule has 3 unspecified atom stereocenters. The highest BCUT2D eigenvalue weighted by Gasteiger charge is 2.33. The Morgan fingerprint density at radius 2 is 1.89 bits per heavy atom. The molecule has 0 amide bonds. The quantitative estimate of drug-likeness (QED) is 0.551. The number of esters is 1. The summed E-state index contributed by atoms with van der Waals surface area (Å²) in [4.78, 5) is 17.3. The fourth-order valence-electron chi connectivity index (χ4n) is 4.26. The first kappa shape index (κ1) is 20.6. The van der Waals surface area contributed by atoms with Gasteiger partial charge in [0.1, 0.15) is 6.10 Å². The Bertz CT molecular complexity index is 764. The molecule has 1 aromatic heterocycles. The Hall–Kier alpha value is -2.16. The van der Waals surface area contributed by atoms with E-state index in [0.717, 1.165) is 36.9 Å². The van der Waals surface area contributed by atoms with Crippen LogP contribution in [0.25, 0.3) is 11.3 Å². The Morgan fingerprint density at radius 1 is 1.14 bits per heavy atom. The van der Waals surface area contributed by atoms with Crippen LogP contribution in [0, 0.1) is 17.8 Å². The average Bonchev–Trinajstić information content (AvgIpc) is 2.69. The number of carbonyl (C=O) groups excluding carboxylic acids is 1. The van der Waals surface area contributed by atoms with Crippen molar-refractivity contribution in [2.45, 2.75) is 65.9 Å². The number of hydrogen-bond donors (Lipinski definition) is 0. The fourth-order valence-corrected chi connectivity index (χ4v) is 4.26. The molecule has 0 spiro atoms. The third kappa shape index (κ3) is 5.01. The van der Waals surface area contributed by atoms with Gasteiger partial charge in [-0.1, -0.05) is 58.7 Å². The van der Waals surface area contributed by atoms with E-state index in [9.17, 15) is 4.79 Å². The zero-order valence-corrected chi connectivity index (χ0v) is 17.7. The van der Waals surface area contributed by atoms with Crippen LogP contribution in [-0.2, 0) is 11.2 Å². The van der Waals surface area contributed by atoms with E-state index in [2.05, 4.69) is 44.8 Å². The summed E-state index contributed by atoms with van der Waals surface area (Å²) in [5.74, 6) is 1.42. The Balaban J connectivity index is 1.67. The van der Waals surface area contributed by atoms with Crippen molar-refractivity contribution >= 4 is 5.97 Å². The molecule has 0 saturated heterocycles. The van der Waals surface area contributed by atoms with Crippen molar-refractivity contribution < 1.29 is 9.53 Å². The minimum absolute atomic E-state index is 0.0312. The zero-order valence-electron chi connectivity index (χ0n) is 17.7. The minimum atomic E-state index is -0.206. The molecule has 150 valence electrons. The number of pyridine rings is 1. The van der Waals surface area contributed by atoms with E-state index in [1.165, 1.54) is 12.0 Å². The molecular formula is C25H33NO2. The molecule has 0 aliphatic heterocycles. The third-order valence-corrected chi connectivity index (χ3v) is 6.00. The number of carbonyl (C=O) groups is 1. The number of hydrogen-bond acceptors (Lipinski definition) is 3. The molecule has 3 rings (SSSR count). The number of benzene rings is 1. The predicted octanol–water partition coefficient (Wildman–Crippen LogP) is 6.32. The van der Waals surface area contributed by atoms with Crippen LogP contribution in [0.2, 0.25) is 0 Å². The first-order valence-corrected chi connectivity index (χ1v) is 10.7. The summed E-state index contributed by atoms with van der Waals surface area (Å²) in [5.41, 5.74) is 3.83. The van der Waals surface area contributed by atoms with Crippen molar-refractivity contribution in [2.75, 3.05) is 0 Å². The van der Waals surface area contributed by atoms with Crippen molar-refractivity contribution in [1.29, 1.82) is 0 Å². The summed E-state index contributed by atoms with van der Waals surface area (Å²) in [6.07, 6.45) is 7.50. The molecule has 2 aromatic rings. The van der Waals surface area contributed by atoms with E-state index < -0.39 is 0 Å². The van der Waals surface area contributed by atoms with Gasteiger partial charge in [-0.2, -0.15) is 0 Å². The van der Waals surface area contributed by atoms with Crippen LogP contribution in [0.15, 0.2) is 42.6 Å². The highest BCUT2D eigenvalue weighted by atomic mass is 16.5. The van der Waals surface area contributed by atoms with Gasteiger partial charge in [0.25, 0.3) is 0 Å². The normalized spacial score (nSPS) is 22.2. The second kappa shape index (κ2) is 9.36. The summed E-state index contributed by atoms with van der Waals surface area (Å²) in [7, 11) is 0. The van der Waals surface area contributed by atoms with E-state index >= 15 is 0 Å². The van der Waals surface area contributed by atoms with Gasteiger partial charge in [-0.3, -0.25) is 4.98 Å². The second-order valence-corrected chi connectivity index (χ2v) is 8.65. The topological polar surface area (TPSA) is 39.2 Å². The highest BCUT2D eigenvalue weighted by Crippen LogP contribution is 2.35. The molecule has 28 heavy (non-hydrogen) atoms. The van der Waals surface area contributed by atoms with Gasteiger partial charge in [0.2, 0.25) is 0 Å². The SMILES string of the molecule is CCCc1ccc(-c2ccc(C(=O)OC3CC(C)CCC3C(C)C)cc2)nc1. The molecule has 1 saturated carbocycles. The molecule has 1 aromatic carbocycles. The molecule has 1 aliphatic rings. The molecule has 3 nitrogen and oxygen atoms in total. The van der Waals surface area contributed by atoms with Crippen LogP contribution in [-0.4, -0.2) is 17.1 Å². The van der Waals surface area contributed by atoms with Gasteiger partial charge in [0.15, 0.2) is 0 Å². The first-order chi connectivity index (χ1) is 13.5. The van der Waals surface area contributed by atoms with E-state index in [1.54, 1.807) is 0 Å². The van der Waals surface area contributed by atoms with Crippen LogP contribution in [0.1, 0.15) is 69.3 Å². The molecule has 0 bridgehead atoms. The largest absolute Gasteiger partial charge is 0.458 e. The van der Waals surface area contributed by atoms with Crippen molar-refractivity contribution in [3.05, 3.63) is 53.7 Å². The van der Waals surface area contributed by atoms with Gasteiger partial charge >= 0.3 is 5.97 Å². The van der Waals surface area contributed by atoms with Gasteiger partial charge in [0.05, 0.1) is 11.3 Å². The monoisotopic (exact) mass is 379 g/mol. The zero-order chi connectivity index (χ0) is 20.1. The summed E-state index contributed by atoms with van der Waals surface area (Å²) >= 11 is 0. The Morgan fingerprint density at radius 3 is 2.50 bits per heavy atom. The number of nitrogens with zero attached hydrogens (tertiary/aromatic N) is 1. The van der Waals surface area contributed by atoms with Gasteiger partial charge in [-0.05, 0) is 60.8 Å². The lowest BCUT2D eigenvalue weighted by atomic mass is 9.75. The Labute approximate surface area is 169 Å². The lowest BCUT2D eigenvalue weighted by Crippen LogP contribution is -2.35. The van der Waals surface area contributed by atoms with Crippen LogP contribution in [0.3, 0.4) is 0 Å². The maximum Gasteiger partial charge on any atom is 0.338 e. The molecule has 0 N–H and O–H groups in total. The number of aromatic nitrogens is 1. The van der Waals surface area contributed by atoms with Crippen molar-refractivity contribution in [3.63, 3.8) is 0 Å². The lowest BCUT2D eigenvalue weighted by molar-refractivity contribution is -0.0174. The van der Waals surface area contributed by atoms with Gasteiger partial charge in [-0.15, -0.1) is 0 Å². The van der Waals surface area contributed by atoms with Crippen molar-refractivity contribution in [1.82, 2.24) is 4.98 Å². The third-order valence-electron chi connectivity index (χ3n) is 6.00. The standard InChI is InChI=1S/C25H33NO2/c1-5-6-19-8-14-23(26-16-19)20-9-11-21(12-10-20)25(27)28-24-15-18(4)7-13-22(24)17(2)3/h8-12,14,16-18,22,24H,5-7,13,15H2,1-4H3. The summed E-state index contributed by atoms with van der Waals surface area (Å²) < 4.78 is 5.96. The summed E-state index contributed by atoms with van der Waals surface area (Å²) in [6, 6.07) is 11.8. The van der Waals surface area contributed by atoms with Crippen LogP contribution >= 0.6 is 0 Å². The first-order valence-electron chi connectivity index (χ1n) is 10.7. The number of aryl methyl sites for hydroxylation is 1. The van der Waals surface area contributed by atoms with Crippen molar-refractivity contribution in [2.24, 2.45) is 17.8 Å². The molecular weight excluding hydrogens is 346 g/mol. The lowest BCUT2D eigenvalue weighted by Gasteiger charge is -2.36. The van der Waals surface area contributed by atoms with Gasteiger partial charge in [0, 0.05) is 11.8 Å². The number of ether oxygens (including phenoxy) is 1. The Kier molecular flexibility index (Phi) is 6.88. The molecule has 0 radical (unpaired) electrons. The van der Waals surface area contributed by atoms with Crippen LogP contribution in [0.4, 0.5) is 0 Å². The highest BCUT2D eigenvalue weighted by molar-refractivity contribution is 5.90. The van der Waals surface area contributed by atoms with E-state index in [-0.39, 0.29) is 12.1 Å². The predicted molar refractivity (Wildman–Crippen MR) is 114 cm³/mol. The second-order valence-electron chi connectivity index (χ2n) is 8.65. The molecule has 1 fully saturated rings. The maximum absolute atomic E-state index is 12.7. The fraction of sp³-hybridized carbons (Fsp3) is 0.520. The maximum atomic E-state index is 12.7. The number of rotatable bonds is 6. The van der Waals surface area contributed by atoms with Crippen LogP contribution in [0.5, 0.6) is 0 Å². The summed E-state index contributed by atoms with van der Waals surface area (Å²) in [6.45, 7) is 8.89. The molecule has 1 heterocycles. The molecule has 3 atom stereocenters. The van der Waals surface area contributed by atoms with Crippen LogP contribution < -0.4 is 0 Å². The van der Waals surface area contributed by atoms with Crippen molar-refractivity contribution in [3.8, 4) is 11.3 Å². The van der Waals surface area contributed by atoms with Gasteiger partial charge < -0.3 is 4.74 Å². The average molecular weight is 380 g/mol. The van der Waals surface area contributed by atoms with E-state index in [4.69, 9.17) is 4.74 Å². The molecule has 1 aliphatic carbocycles. The summed E-state index contributed by atoms with van der Waals surface area (Å²) in [5, 5.41) is 0. The minimum Gasteiger partial charge on any atom is -0.458 e. The van der Waals surface area contributed by atoms with E-state index in [0.29, 0.717) is 23.3 Å².